The molecule has 0 bridgehead atoms. The van der Waals surface area contributed by atoms with Crippen LogP contribution in [0.2, 0.25) is 0 Å². The molecule has 0 atom stereocenters. The van der Waals surface area contributed by atoms with E-state index in [0.717, 1.165) is 27.9 Å². The maximum atomic E-state index is 11.5. The maximum absolute atomic E-state index is 11.5. The van der Waals surface area contributed by atoms with Gasteiger partial charge in [0.1, 0.15) is 5.75 Å². The number of aromatic nitrogens is 1. The van der Waals surface area contributed by atoms with E-state index in [-0.39, 0.29) is 6.09 Å². The highest BCUT2D eigenvalue weighted by Gasteiger charge is 2.25. The van der Waals surface area contributed by atoms with E-state index in [2.05, 4.69) is 11.1 Å². The molecular weight excluding hydrogens is 244 g/mol. The molecule has 0 unspecified atom stereocenters. The van der Waals surface area contributed by atoms with Crippen LogP contribution in [-0.2, 0) is 17.8 Å². The van der Waals surface area contributed by atoms with Gasteiger partial charge in [0.2, 0.25) is 0 Å². The normalized spacial score (nSPS) is 13.5. The molecule has 1 aromatic heterocycles. The second-order valence-corrected chi connectivity index (χ2v) is 4.48. The highest BCUT2D eigenvalue weighted by molar-refractivity contribution is 5.81. The molecule has 1 amide bonds. The third kappa shape index (κ3) is 1.97. The summed E-state index contributed by atoms with van der Waals surface area (Å²) in [7, 11) is 3.03. The van der Waals surface area contributed by atoms with Crippen LogP contribution in [0.15, 0.2) is 24.3 Å². The van der Waals surface area contributed by atoms with Crippen LogP contribution in [0.25, 0.3) is 10.9 Å². The van der Waals surface area contributed by atoms with Gasteiger partial charge in [-0.3, -0.25) is 9.88 Å². The number of ether oxygens (including phenoxy) is 2. The van der Waals surface area contributed by atoms with Crippen LogP contribution in [0.4, 0.5) is 4.79 Å². The lowest BCUT2D eigenvalue weighted by molar-refractivity contribution is 0.123. The molecule has 0 N–H and O–H groups in total. The largest absolute Gasteiger partial charge is 0.497 e. The molecule has 0 aliphatic carbocycles. The van der Waals surface area contributed by atoms with Crippen molar-refractivity contribution in [1.82, 2.24) is 9.88 Å². The standard InChI is InChI=1S/C14H14N2O3/c1-18-11-3-4-12-9(6-11)5-10-7-16(14(17)19-2)8-13(10)15-12/h3-6H,7-8H2,1-2H3. The molecule has 1 aliphatic heterocycles. The van der Waals surface area contributed by atoms with Crippen LogP contribution in [0.3, 0.4) is 0 Å². The van der Waals surface area contributed by atoms with Crippen molar-refractivity contribution in [2.24, 2.45) is 0 Å². The Morgan fingerprint density at radius 1 is 1.26 bits per heavy atom. The summed E-state index contributed by atoms with van der Waals surface area (Å²) in [6, 6.07) is 7.82. The second-order valence-electron chi connectivity index (χ2n) is 4.48. The number of hydrogen-bond acceptors (Lipinski definition) is 4. The summed E-state index contributed by atoms with van der Waals surface area (Å²) >= 11 is 0. The Kier molecular flexibility index (Phi) is 2.74. The summed E-state index contributed by atoms with van der Waals surface area (Å²) in [5.41, 5.74) is 2.90. The number of nitrogens with zero attached hydrogens (tertiary/aromatic N) is 2. The van der Waals surface area contributed by atoms with E-state index in [4.69, 9.17) is 9.47 Å². The zero-order chi connectivity index (χ0) is 13.4. The number of methoxy groups -OCH3 is 2. The molecule has 0 saturated heterocycles. The minimum Gasteiger partial charge on any atom is -0.497 e. The van der Waals surface area contributed by atoms with Crippen LogP contribution in [-0.4, -0.2) is 30.2 Å². The molecule has 2 aromatic rings. The Morgan fingerprint density at radius 3 is 2.84 bits per heavy atom. The Bertz CT molecular complexity index is 654. The summed E-state index contributed by atoms with van der Waals surface area (Å²) in [6.07, 6.45) is -0.320. The molecule has 1 aromatic carbocycles. The second kappa shape index (κ2) is 4.42. The number of carbonyl (C=O) groups is 1. The fraction of sp³-hybridized carbons (Fsp3) is 0.286. The van der Waals surface area contributed by atoms with Crippen molar-refractivity contribution in [3.63, 3.8) is 0 Å². The third-order valence-corrected chi connectivity index (χ3v) is 3.33. The number of carbonyl (C=O) groups excluding carboxylic acids is 1. The van der Waals surface area contributed by atoms with Crippen LogP contribution in [0, 0.1) is 0 Å². The summed E-state index contributed by atoms with van der Waals surface area (Å²) in [5.74, 6) is 0.803. The molecular formula is C14H14N2O3. The van der Waals surface area contributed by atoms with Crippen molar-refractivity contribution in [2.45, 2.75) is 13.1 Å². The highest BCUT2D eigenvalue weighted by atomic mass is 16.5. The molecule has 1 aliphatic rings. The summed E-state index contributed by atoms with van der Waals surface area (Å²) in [4.78, 5) is 17.8. The van der Waals surface area contributed by atoms with Gasteiger partial charge in [-0.1, -0.05) is 0 Å². The molecule has 0 radical (unpaired) electrons. The quantitative estimate of drug-likeness (QED) is 0.787. The molecule has 5 heteroatoms. The van der Waals surface area contributed by atoms with Gasteiger partial charge in [-0.2, -0.15) is 0 Å². The number of hydrogen-bond donors (Lipinski definition) is 0. The minimum atomic E-state index is -0.320. The first kappa shape index (κ1) is 11.8. The number of fused-ring (bicyclic) bond motifs is 2. The van der Waals surface area contributed by atoms with Gasteiger partial charge in [0.25, 0.3) is 0 Å². The van der Waals surface area contributed by atoms with E-state index < -0.39 is 0 Å². The van der Waals surface area contributed by atoms with Gasteiger partial charge in [0, 0.05) is 5.39 Å². The summed E-state index contributed by atoms with van der Waals surface area (Å²) in [6.45, 7) is 1.05. The summed E-state index contributed by atoms with van der Waals surface area (Å²) < 4.78 is 9.94. The van der Waals surface area contributed by atoms with Crippen molar-refractivity contribution in [3.05, 3.63) is 35.5 Å². The predicted molar refractivity (Wildman–Crippen MR) is 69.9 cm³/mol. The fourth-order valence-corrected chi connectivity index (χ4v) is 2.34. The van der Waals surface area contributed by atoms with E-state index in [9.17, 15) is 4.79 Å². The molecule has 3 rings (SSSR count). The smallest absolute Gasteiger partial charge is 0.410 e. The lowest BCUT2D eigenvalue weighted by Crippen LogP contribution is -2.24. The van der Waals surface area contributed by atoms with Gasteiger partial charge in [-0.15, -0.1) is 0 Å². The first-order chi connectivity index (χ1) is 9.21. The average Bonchev–Trinajstić information content (AvgIpc) is 2.85. The van der Waals surface area contributed by atoms with Crippen molar-refractivity contribution in [3.8, 4) is 5.75 Å². The van der Waals surface area contributed by atoms with E-state index >= 15 is 0 Å². The van der Waals surface area contributed by atoms with E-state index in [1.807, 2.05) is 18.2 Å². The van der Waals surface area contributed by atoms with Gasteiger partial charge in [0.15, 0.2) is 0 Å². The fourth-order valence-electron chi connectivity index (χ4n) is 2.34. The van der Waals surface area contributed by atoms with Gasteiger partial charge in [-0.25, -0.2) is 4.79 Å². The van der Waals surface area contributed by atoms with Crippen molar-refractivity contribution >= 4 is 17.0 Å². The molecule has 0 saturated carbocycles. The average molecular weight is 258 g/mol. The molecule has 98 valence electrons. The van der Waals surface area contributed by atoms with Crippen LogP contribution in [0.1, 0.15) is 11.3 Å². The van der Waals surface area contributed by atoms with Crippen LogP contribution >= 0.6 is 0 Å². The third-order valence-electron chi connectivity index (χ3n) is 3.33. The molecule has 5 nitrogen and oxygen atoms in total. The summed E-state index contributed by atoms with van der Waals surface area (Å²) in [5, 5.41) is 1.02. The Morgan fingerprint density at radius 2 is 2.11 bits per heavy atom. The Labute approximate surface area is 110 Å². The van der Waals surface area contributed by atoms with Gasteiger partial charge >= 0.3 is 6.09 Å². The number of benzene rings is 1. The predicted octanol–water partition coefficient (Wildman–Crippen LogP) is 2.33. The topological polar surface area (TPSA) is 51.7 Å². The number of rotatable bonds is 1. The van der Waals surface area contributed by atoms with E-state index in [0.29, 0.717) is 13.1 Å². The van der Waals surface area contributed by atoms with Gasteiger partial charge in [-0.05, 0) is 29.8 Å². The Balaban J connectivity index is 2.01. The highest BCUT2D eigenvalue weighted by Crippen LogP contribution is 2.27. The van der Waals surface area contributed by atoms with Crippen molar-refractivity contribution in [1.29, 1.82) is 0 Å². The molecule has 19 heavy (non-hydrogen) atoms. The van der Waals surface area contributed by atoms with E-state index in [1.165, 1.54) is 7.11 Å². The van der Waals surface area contributed by atoms with Crippen molar-refractivity contribution in [2.75, 3.05) is 14.2 Å². The minimum absolute atomic E-state index is 0.320. The monoisotopic (exact) mass is 258 g/mol. The lowest BCUT2D eigenvalue weighted by atomic mass is 10.1. The first-order valence-corrected chi connectivity index (χ1v) is 6.00. The SMILES string of the molecule is COC(=O)N1Cc2cc3cc(OC)ccc3nc2C1. The zero-order valence-electron chi connectivity index (χ0n) is 10.8. The first-order valence-electron chi connectivity index (χ1n) is 6.00. The maximum Gasteiger partial charge on any atom is 0.410 e. The lowest BCUT2D eigenvalue weighted by Gasteiger charge is -2.11. The van der Waals surface area contributed by atoms with E-state index in [1.54, 1.807) is 12.0 Å². The molecule has 0 spiro atoms. The molecule has 2 heterocycles. The van der Waals surface area contributed by atoms with Crippen molar-refractivity contribution < 1.29 is 14.3 Å². The molecule has 0 fully saturated rings. The van der Waals surface area contributed by atoms with Gasteiger partial charge in [0.05, 0.1) is 38.5 Å². The Hall–Kier alpha value is -2.30. The van der Waals surface area contributed by atoms with Crippen LogP contribution < -0.4 is 4.74 Å². The zero-order valence-corrected chi connectivity index (χ0v) is 10.8. The number of pyridine rings is 1. The van der Waals surface area contributed by atoms with Crippen LogP contribution in [0.5, 0.6) is 5.75 Å². The van der Waals surface area contributed by atoms with Gasteiger partial charge < -0.3 is 9.47 Å². The number of amides is 1.